The third kappa shape index (κ3) is 3.46. The van der Waals surface area contributed by atoms with Crippen molar-refractivity contribution in [2.45, 2.75) is 30.8 Å². The lowest BCUT2D eigenvalue weighted by Gasteiger charge is -2.37. The van der Waals surface area contributed by atoms with Crippen LogP contribution in [0.4, 0.5) is 10.1 Å². The summed E-state index contributed by atoms with van der Waals surface area (Å²) in [6, 6.07) is 10.5. The van der Waals surface area contributed by atoms with Gasteiger partial charge < -0.3 is 15.5 Å². The fourth-order valence-corrected chi connectivity index (χ4v) is 5.25. The minimum absolute atomic E-state index is 0.118. The molecule has 0 unspecified atom stereocenters. The Balaban J connectivity index is 1.86. The smallest absolute Gasteiger partial charge is 0.250 e. The normalized spacial score (nSPS) is 27.4. The number of carbonyl (C=O) groups excluding carboxylic acids is 3. The molecule has 3 amide bonds. The molecule has 2 aliphatic heterocycles. The van der Waals surface area contributed by atoms with Gasteiger partial charge in [-0.05, 0) is 43.2 Å². The zero-order valence-corrected chi connectivity index (χ0v) is 18.1. The molecule has 31 heavy (non-hydrogen) atoms. The zero-order valence-electron chi connectivity index (χ0n) is 16.6. The average Bonchev–Trinajstić information content (AvgIpc) is 3.00. The van der Waals surface area contributed by atoms with Gasteiger partial charge in [0.05, 0.1) is 10.9 Å². The van der Waals surface area contributed by atoms with Gasteiger partial charge in [0, 0.05) is 29.2 Å². The van der Waals surface area contributed by atoms with E-state index in [0.717, 1.165) is 0 Å². The monoisotopic (exact) mass is 463 g/mol. The lowest BCUT2D eigenvalue weighted by Crippen LogP contribution is -2.55. The van der Waals surface area contributed by atoms with Crippen LogP contribution < -0.4 is 10.6 Å². The Hall–Kier alpha value is -2.64. The Bertz CT molecular complexity index is 1070. The average molecular weight is 464 g/mol. The van der Waals surface area contributed by atoms with Gasteiger partial charge in [0.25, 0.3) is 5.91 Å². The van der Waals surface area contributed by atoms with E-state index in [1.165, 1.54) is 17.0 Å². The van der Waals surface area contributed by atoms with Gasteiger partial charge in [0.1, 0.15) is 11.4 Å². The number of hydrogen-bond donors (Lipinski definition) is 2. The highest BCUT2D eigenvalue weighted by atomic mass is 35.5. The summed E-state index contributed by atoms with van der Waals surface area (Å²) in [5, 5.41) is 5.86. The second-order valence-electron chi connectivity index (χ2n) is 7.92. The lowest BCUT2D eigenvalue weighted by atomic mass is 9.73. The molecule has 2 aromatic rings. The largest absolute Gasteiger partial charge is 0.356 e. The van der Waals surface area contributed by atoms with Gasteiger partial charge in [0.2, 0.25) is 12.3 Å². The van der Waals surface area contributed by atoms with Crippen LogP contribution in [0.1, 0.15) is 24.8 Å². The molecule has 9 heteroatoms. The van der Waals surface area contributed by atoms with Crippen molar-refractivity contribution < 1.29 is 18.8 Å². The lowest BCUT2D eigenvalue weighted by molar-refractivity contribution is -0.136. The summed E-state index contributed by atoms with van der Waals surface area (Å²) in [7, 11) is 0. The van der Waals surface area contributed by atoms with E-state index in [2.05, 4.69) is 10.6 Å². The fraction of sp³-hybridized carbons (Fsp3) is 0.318. The van der Waals surface area contributed by atoms with E-state index in [0.29, 0.717) is 30.1 Å². The van der Waals surface area contributed by atoms with Crippen LogP contribution in [0.3, 0.4) is 0 Å². The number of carbonyl (C=O) groups is 3. The van der Waals surface area contributed by atoms with Gasteiger partial charge in [-0.3, -0.25) is 14.4 Å². The van der Waals surface area contributed by atoms with Gasteiger partial charge in [0.15, 0.2) is 0 Å². The van der Waals surface area contributed by atoms with Gasteiger partial charge in [-0.1, -0.05) is 41.4 Å². The molecule has 2 fully saturated rings. The van der Waals surface area contributed by atoms with E-state index in [4.69, 9.17) is 23.2 Å². The molecule has 0 bridgehead atoms. The summed E-state index contributed by atoms with van der Waals surface area (Å²) in [5.74, 6) is -3.33. The molecule has 0 aromatic heterocycles. The van der Waals surface area contributed by atoms with Crippen LogP contribution in [0.2, 0.25) is 10.0 Å². The first-order chi connectivity index (χ1) is 14.8. The van der Waals surface area contributed by atoms with Crippen LogP contribution in [0.25, 0.3) is 0 Å². The summed E-state index contributed by atoms with van der Waals surface area (Å²) in [4.78, 5) is 40.0. The number of halogens is 3. The second kappa shape index (κ2) is 8.13. The molecule has 6 nitrogen and oxygen atoms in total. The number of nitrogens with zero attached hydrogens (tertiary/aromatic N) is 1. The second-order valence-corrected chi connectivity index (χ2v) is 8.76. The van der Waals surface area contributed by atoms with E-state index >= 15 is 4.39 Å². The number of rotatable bonds is 4. The van der Waals surface area contributed by atoms with Crippen molar-refractivity contribution in [3.63, 3.8) is 0 Å². The number of hydrogen-bond acceptors (Lipinski definition) is 3. The SMILES string of the molecule is C[C@]1(C(=O)Nc2cccc(Cl)c2)[C@@H](c2cccc(Cl)c2F)[C@@H]2C(=O)NCC[C@@H]2N1C=O. The van der Waals surface area contributed by atoms with E-state index in [-0.39, 0.29) is 16.5 Å². The number of amides is 3. The van der Waals surface area contributed by atoms with Crippen LogP contribution in [0.15, 0.2) is 42.5 Å². The Labute approximate surface area is 188 Å². The Morgan fingerprint density at radius 2 is 2.03 bits per heavy atom. The van der Waals surface area contributed by atoms with Crippen molar-refractivity contribution in [2.24, 2.45) is 5.92 Å². The maximum absolute atomic E-state index is 15.1. The molecule has 162 valence electrons. The highest BCUT2D eigenvalue weighted by Crippen LogP contribution is 2.52. The molecular formula is C22H20Cl2FN3O3. The Kier molecular flexibility index (Phi) is 5.66. The van der Waals surface area contributed by atoms with Crippen molar-refractivity contribution in [3.05, 3.63) is 63.9 Å². The van der Waals surface area contributed by atoms with Crippen LogP contribution in [-0.4, -0.2) is 41.2 Å². The predicted molar refractivity (Wildman–Crippen MR) is 115 cm³/mol. The molecule has 2 aliphatic rings. The highest BCUT2D eigenvalue weighted by Gasteiger charge is 2.63. The van der Waals surface area contributed by atoms with Crippen molar-refractivity contribution >= 4 is 47.1 Å². The van der Waals surface area contributed by atoms with Crippen LogP contribution >= 0.6 is 23.2 Å². The third-order valence-corrected chi connectivity index (χ3v) is 6.81. The predicted octanol–water partition coefficient (Wildman–Crippen LogP) is 3.59. The molecule has 0 spiro atoms. The molecular weight excluding hydrogens is 444 g/mol. The van der Waals surface area contributed by atoms with E-state index in [1.807, 2.05) is 0 Å². The Morgan fingerprint density at radius 1 is 1.29 bits per heavy atom. The summed E-state index contributed by atoms with van der Waals surface area (Å²) >= 11 is 12.0. The van der Waals surface area contributed by atoms with Gasteiger partial charge in [-0.25, -0.2) is 4.39 Å². The zero-order chi connectivity index (χ0) is 22.3. The van der Waals surface area contributed by atoms with Crippen molar-refractivity contribution in [1.29, 1.82) is 0 Å². The number of nitrogens with one attached hydrogen (secondary N) is 2. The number of anilines is 1. The molecule has 0 saturated carbocycles. The topological polar surface area (TPSA) is 78.5 Å². The van der Waals surface area contributed by atoms with E-state index < -0.39 is 35.1 Å². The third-order valence-electron chi connectivity index (χ3n) is 6.29. The quantitative estimate of drug-likeness (QED) is 0.679. The van der Waals surface area contributed by atoms with Gasteiger partial charge in [-0.2, -0.15) is 0 Å². The van der Waals surface area contributed by atoms with Crippen LogP contribution in [0.5, 0.6) is 0 Å². The molecule has 2 N–H and O–H groups in total. The summed E-state index contributed by atoms with van der Waals surface area (Å²) in [6.07, 6.45) is 1.02. The van der Waals surface area contributed by atoms with E-state index in [1.54, 1.807) is 37.3 Å². The van der Waals surface area contributed by atoms with Gasteiger partial charge >= 0.3 is 0 Å². The number of fused-ring (bicyclic) bond motifs is 1. The molecule has 2 heterocycles. The molecule has 4 atom stereocenters. The fourth-order valence-electron chi connectivity index (χ4n) is 4.88. The maximum Gasteiger partial charge on any atom is 0.250 e. The first-order valence-electron chi connectivity index (χ1n) is 9.81. The van der Waals surface area contributed by atoms with Gasteiger partial charge in [-0.15, -0.1) is 0 Å². The maximum atomic E-state index is 15.1. The molecule has 4 rings (SSSR count). The summed E-state index contributed by atoms with van der Waals surface area (Å²) in [6.45, 7) is 1.92. The molecule has 2 saturated heterocycles. The summed E-state index contributed by atoms with van der Waals surface area (Å²) in [5.41, 5.74) is -1.01. The highest BCUT2D eigenvalue weighted by molar-refractivity contribution is 6.31. The van der Waals surface area contributed by atoms with Crippen LogP contribution in [0, 0.1) is 11.7 Å². The van der Waals surface area contributed by atoms with E-state index in [9.17, 15) is 14.4 Å². The molecule has 2 aromatic carbocycles. The van der Waals surface area contributed by atoms with Crippen molar-refractivity contribution in [1.82, 2.24) is 10.2 Å². The minimum atomic E-state index is -1.55. The molecule has 0 aliphatic carbocycles. The first kappa shape index (κ1) is 21.6. The Morgan fingerprint density at radius 3 is 2.74 bits per heavy atom. The minimum Gasteiger partial charge on any atom is -0.356 e. The first-order valence-corrected chi connectivity index (χ1v) is 10.6. The van der Waals surface area contributed by atoms with Crippen molar-refractivity contribution in [3.8, 4) is 0 Å². The number of benzene rings is 2. The standard InChI is InChI=1S/C22H20Cl2FN3O3/c1-22(21(31)27-13-5-2-4-12(23)10-13)18(14-6-3-7-15(24)19(14)25)17-16(28(22)11-29)8-9-26-20(17)30/h2-7,10-11,16-18H,8-9H2,1H3,(H,26,30)(H,27,31)/t16-,17+,18-,22+/m0/s1. The number of likely N-dealkylation sites (tertiary alicyclic amines) is 1. The van der Waals surface area contributed by atoms with Crippen LogP contribution in [-0.2, 0) is 14.4 Å². The molecule has 0 radical (unpaired) electrons. The summed E-state index contributed by atoms with van der Waals surface area (Å²) < 4.78 is 15.1. The van der Waals surface area contributed by atoms with Crippen molar-refractivity contribution in [2.75, 3.05) is 11.9 Å². The number of piperidine rings is 1.